The molecular formula is C13H20BrNOS. The third-order valence-corrected chi connectivity index (χ3v) is 4.87. The largest absolute Gasteiger partial charge is 0.381 e. The van der Waals surface area contributed by atoms with Gasteiger partial charge < -0.3 is 10.1 Å². The lowest BCUT2D eigenvalue weighted by Gasteiger charge is -2.26. The first-order valence-electron chi connectivity index (χ1n) is 6.34. The lowest BCUT2D eigenvalue weighted by Crippen LogP contribution is -2.25. The maximum atomic E-state index is 5.43. The van der Waals surface area contributed by atoms with Crippen molar-refractivity contribution in [2.75, 3.05) is 19.8 Å². The highest BCUT2D eigenvalue weighted by molar-refractivity contribution is 9.11. The van der Waals surface area contributed by atoms with Crippen LogP contribution in [0.2, 0.25) is 0 Å². The number of rotatable bonds is 5. The van der Waals surface area contributed by atoms with Crippen LogP contribution in [0.5, 0.6) is 0 Å². The van der Waals surface area contributed by atoms with Crippen molar-refractivity contribution in [3.05, 3.63) is 20.8 Å². The van der Waals surface area contributed by atoms with Gasteiger partial charge in [0.05, 0.1) is 3.79 Å². The average Bonchev–Trinajstić information content (AvgIpc) is 2.77. The molecule has 2 heterocycles. The second kappa shape index (κ2) is 6.88. The molecule has 0 amide bonds. The van der Waals surface area contributed by atoms with Crippen molar-refractivity contribution in [1.29, 1.82) is 0 Å². The molecule has 1 atom stereocenters. The van der Waals surface area contributed by atoms with Crippen molar-refractivity contribution in [2.24, 2.45) is 5.92 Å². The molecule has 1 aromatic rings. The summed E-state index contributed by atoms with van der Waals surface area (Å²) in [7, 11) is 0. The first-order valence-corrected chi connectivity index (χ1v) is 8.02. The van der Waals surface area contributed by atoms with Gasteiger partial charge in [0, 0.05) is 19.3 Å². The maximum Gasteiger partial charge on any atom is 0.0701 e. The van der Waals surface area contributed by atoms with Gasteiger partial charge in [-0.3, -0.25) is 0 Å². The van der Waals surface area contributed by atoms with Gasteiger partial charge in [-0.25, -0.2) is 0 Å². The van der Waals surface area contributed by atoms with Gasteiger partial charge in [0.15, 0.2) is 0 Å². The zero-order chi connectivity index (χ0) is 12.1. The summed E-state index contributed by atoms with van der Waals surface area (Å²) in [5, 5.41) is 5.87. The molecule has 1 fully saturated rings. The topological polar surface area (TPSA) is 21.3 Å². The van der Waals surface area contributed by atoms with Crippen LogP contribution in [0.25, 0.3) is 0 Å². The van der Waals surface area contributed by atoms with Gasteiger partial charge in [-0.2, -0.15) is 0 Å². The molecule has 0 spiro atoms. The van der Waals surface area contributed by atoms with Crippen LogP contribution < -0.4 is 5.32 Å². The minimum Gasteiger partial charge on any atom is -0.381 e. The molecule has 0 saturated carbocycles. The van der Waals surface area contributed by atoms with E-state index in [1.807, 2.05) is 0 Å². The minimum atomic E-state index is 0.505. The molecule has 0 aliphatic carbocycles. The van der Waals surface area contributed by atoms with E-state index in [0.717, 1.165) is 25.7 Å². The van der Waals surface area contributed by atoms with Gasteiger partial charge in [0.25, 0.3) is 0 Å². The third-order valence-electron chi connectivity index (χ3n) is 3.35. The summed E-state index contributed by atoms with van der Waals surface area (Å²) in [4.78, 5) is 0. The van der Waals surface area contributed by atoms with E-state index in [-0.39, 0.29) is 0 Å². The molecule has 17 heavy (non-hydrogen) atoms. The number of hydrogen-bond acceptors (Lipinski definition) is 3. The van der Waals surface area contributed by atoms with E-state index < -0.39 is 0 Å². The highest BCUT2D eigenvalue weighted by atomic mass is 79.9. The monoisotopic (exact) mass is 317 g/mol. The van der Waals surface area contributed by atoms with Gasteiger partial charge in [0.2, 0.25) is 0 Å². The Morgan fingerprint density at radius 1 is 1.53 bits per heavy atom. The van der Waals surface area contributed by atoms with E-state index in [9.17, 15) is 0 Å². The molecular weight excluding hydrogens is 298 g/mol. The molecule has 2 rings (SSSR count). The molecule has 1 aliphatic heterocycles. The van der Waals surface area contributed by atoms with Gasteiger partial charge in [-0.1, -0.05) is 6.92 Å². The van der Waals surface area contributed by atoms with E-state index >= 15 is 0 Å². The SMILES string of the molecule is CCNC(CC1CCOCC1)c1csc(Br)c1. The summed E-state index contributed by atoms with van der Waals surface area (Å²) in [6, 6.07) is 2.75. The van der Waals surface area contributed by atoms with Crippen LogP contribution in [-0.2, 0) is 4.74 Å². The third kappa shape index (κ3) is 4.05. The zero-order valence-corrected chi connectivity index (χ0v) is 12.6. The molecule has 0 bridgehead atoms. The lowest BCUT2D eigenvalue weighted by atomic mass is 9.90. The molecule has 96 valence electrons. The molecule has 1 N–H and O–H groups in total. The van der Waals surface area contributed by atoms with Crippen molar-refractivity contribution >= 4 is 27.3 Å². The van der Waals surface area contributed by atoms with Crippen LogP contribution in [0, 0.1) is 5.92 Å². The predicted molar refractivity (Wildman–Crippen MR) is 76.6 cm³/mol. The Morgan fingerprint density at radius 2 is 2.29 bits per heavy atom. The fraction of sp³-hybridized carbons (Fsp3) is 0.692. The Hall–Kier alpha value is 0.100. The summed E-state index contributed by atoms with van der Waals surface area (Å²) in [5.74, 6) is 0.812. The Morgan fingerprint density at radius 3 is 2.88 bits per heavy atom. The summed E-state index contributed by atoms with van der Waals surface area (Å²) in [6.07, 6.45) is 3.67. The molecule has 1 aliphatic rings. The van der Waals surface area contributed by atoms with Crippen molar-refractivity contribution < 1.29 is 4.74 Å². The first kappa shape index (κ1) is 13.5. The highest BCUT2D eigenvalue weighted by Gasteiger charge is 2.20. The van der Waals surface area contributed by atoms with Gasteiger partial charge in [-0.15, -0.1) is 11.3 Å². The number of hydrogen-bond donors (Lipinski definition) is 1. The van der Waals surface area contributed by atoms with E-state index in [0.29, 0.717) is 6.04 Å². The highest BCUT2D eigenvalue weighted by Crippen LogP contribution is 2.31. The summed E-state index contributed by atoms with van der Waals surface area (Å²) in [5.41, 5.74) is 1.43. The molecule has 1 aromatic heterocycles. The molecule has 2 nitrogen and oxygen atoms in total. The normalized spacial score (nSPS) is 19.4. The van der Waals surface area contributed by atoms with Gasteiger partial charge in [-0.05, 0) is 64.7 Å². The van der Waals surface area contributed by atoms with Crippen molar-refractivity contribution in [3.8, 4) is 0 Å². The summed E-state index contributed by atoms with van der Waals surface area (Å²) in [6.45, 7) is 5.09. The molecule has 4 heteroatoms. The molecule has 1 saturated heterocycles. The Bertz CT molecular complexity index is 336. The predicted octanol–water partition coefficient (Wildman–Crippen LogP) is 3.98. The number of nitrogens with one attached hydrogen (secondary N) is 1. The molecule has 0 radical (unpaired) electrons. The Kier molecular flexibility index (Phi) is 5.48. The average molecular weight is 318 g/mol. The van der Waals surface area contributed by atoms with Crippen LogP contribution in [0.15, 0.2) is 15.2 Å². The summed E-state index contributed by atoms with van der Waals surface area (Å²) >= 11 is 5.32. The standard InChI is InChI=1S/C13H20BrNOS/c1-2-15-12(11-8-13(14)17-9-11)7-10-3-5-16-6-4-10/h8-10,12,15H,2-7H2,1H3. The van der Waals surface area contributed by atoms with Crippen LogP contribution in [0.4, 0.5) is 0 Å². The Balaban J connectivity index is 1.96. The van der Waals surface area contributed by atoms with Crippen LogP contribution in [-0.4, -0.2) is 19.8 Å². The number of halogens is 1. The van der Waals surface area contributed by atoms with Gasteiger partial charge >= 0.3 is 0 Å². The van der Waals surface area contributed by atoms with E-state index in [1.165, 1.54) is 28.6 Å². The second-order valence-electron chi connectivity index (χ2n) is 4.59. The maximum absolute atomic E-state index is 5.43. The molecule has 1 unspecified atom stereocenters. The fourth-order valence-electron chi connectivity index (χ4n) is 2.41. The first-order chi connectivity index (χ1) is 8.29. The number of ether oxygens (including phenoxy) is 1. The fourth-order valence-corrected chi connectivity index (χ4v) is 3.64. The summed E-state index contributed by atoms with van der Waals surface area (Å²) < 4.78 is 6.65. The van der Waals surface area contributed by atoms with E-state index in [1.54, 1.807) is 11.3 Å². The molecule has 0 aromatic carbocycles. The van der Waals surface area contributed by atoms with Crippen LogP contribution in [0.1, 0.15) is 37.8 Å². The van der Waals surface area contributed by atoms with E-state index in [4.69, 9.17) is 4.74 Å². The van der Waals surface area contributed by atoms with Crippen LogP contribution in [0.3, 0.4) is 0 Å². The smallest absolute Gasteiger partial charge is 0.0701 e. The van der Waals surface area contributed by atoms with Gasteiger partial charge in [0.1, 0.15) is 0 Å². The number of thiophene rings is 1. The second-order valence-corrected chi connectivity index (χ2v) is 6.88. The Labute approximate surface area is 116 Å². The van der Waals surface area contributed by atoms with E-state index in [2.05, 4.69) is 39.6 Å². The van der Waals surface area contributed by atoms with Crippen LogP contribution >= 0.6 is 27.3 Å². The zero-order valence-electron chi connectivity index (χ0n) is 10.2. The minimum absolute atomic E-state index is 0.505. The van der Waals surface area contributed by atoms with Crippen molar-refractivity contribution in [2.45, 2.75) is 32.2 Å². The lowest BCUT2D eigenvalue weighted by molar-refractivity contribution is 0.0606. The van der Waals surface area contributed by atoms with Crippen molar-refractivity contribution in [3.63, 3.8) is 0 Å². The quantitative estimate of drug-likeness (QED) is 0.887. The van der Waals surface area contributed by atoms with Crippen molar-refractivity contribution in [1.82, 2.24) is 5.32 Å².